The number of fused-ring (bicyclic) bond motifs is 6. The lowest BCUT2D eigenvalue weighted by atomic mass is 9.55. The first-order chi connectivity index (χ1) is 11.7. The molecule has 3 aliphatic carbocycles. The third-order valence-corrected chi connectivity index (χ3v) is 7.73. The summed E-state index contributed by atoms with van der Waals surface area (Å²) in [6, 6.07) is 6.74. The molecule has 3 heteroatoms. The average molecular weight is 328 g/mol. The second kappa shape index (κ2) is 5.22. The Morgan fingerprint density at radius 3 is 2.71 bits per heavy atom. The highest BCUT2D eigenvalue weighted by atomic mass is 16.7. The Hall–Kier alpha value is -1.06. The van der Waals surface area contributed by atoms with E-state index in [1.165, 1.54) is 37.7 Å². The van der Waals surface area contributed by atoms with Crippen molar-refractivity contribution in [2.24, 2.45) is 17.3 Å². The maximum Gasteiger partial charge on any atom is 0.174 e. The number of rotatable bonds is 1. The molecule has 4 unspecified atom stereocenters. The Balaban J connectivity index is 1.49. The van der Waals surface area contributed by atoms with Crippen molar-refractivity contribution in [3.63, 3.8) is 0 Å². The average Bonchev–Trinajstić information content (AvgIpc) is 3.21. The van der Waals surface area contributed by atoms with Gasteiger partial charge in [-0.2, -0.15) is 0 Å². The first kappa shape index (κ1) is 15.2. The Morgan fingerprint density at radius 2 is 1.92 bits per heavy atom. The molecular weight excluding hydrogens is 300 g/mol. The van der Waals surface area contributed by atoms with E-state index in [1.807, 2.05) is 0 Å². The van der Waals surface area contributed by atoms with Crippen LogP contribution in [-0.2, 0) is 15.9 Å². The fourth-order valence-corrected chi connectivity index (χ4v) is 6.57. The zero-order chi connectivity index (χ0) is 16.4. The van der Waals surface area contributed by atoms with E-state index in [0.717, 1.165) is 37.2 Å². The van der Waals surface area contributed by atoms with E-state index in [2.05, 4.69) is 25.1 Å². The molecule has 24 heavy (non-hydrogen) atoms. The summed E-state index contributed by atoms with van der Waals surface area (Å²) in [4.78, 5) is 0. The predicted octanol–water partition coefficient (Wildman–Crippen LogP) is 4.29. The van der Waals surface area contributed by atoms with Crippen LogP contribution in [0, 0.1) is 17.3 Å². The predicted molar refractivity (Wildman–Crippen MR) is 92.2 cm³/mol. The Bertz CT molecular complexity index is 648. The second-order valence-electron chi connectivity index (χ2n) is 8.42. The van der Waals surface area contributed by atoms with E-state index in [9.17, 15) is 0 Å². The molecule has 0 radical (unpaired) electrons. The van der Waals surface area contributed by atoms with Crippen molar-refractivity contribution >= 4 is 0 Å². The van der Waals surface area contributed by atoms with Gasteiger partial charge in [0.1, 0.15) is 5.75 Å². The van der Waals surface area contributed by atoms with Crippen LogP contribution in [0.4, 0.5) is 0 Å². The molecule has 1 heterocycles. The summed E-state index contributed by atoms with van der Waals surface area (Å²) in [5, 5.41) is 0. The summed E-state index contributed by atoms with van der Waals surface area (Å²) in [5.41, 5.74) is 3.30. The molecule has 3 nitrogen and oxygen atoms in total. The van der Waals surface area contributed by atoms with Gasteiger partial charge >= 0.3 is 0 Å². The van der Waals surface area contributed by atoms with E-state index in [0.29, 0.717) is 5.92 Å². The van der Waals surface area contributed by atoms with Crippen LogP contribution in [0.2, 0.25) is 0 Å². The highest BCUT2D eigenvalue weighted by molar-refractivity contribution is 5.40. The molecule has 1 aromatic rings. The van der Waals surface area contributed by atoms with E-state index in [4.69, 9.17) is 14.2 Å². The largest absolute Gasteiger partial charge is 0.497 e. The number of hydrogen-bond acceptors (Lipinski definition) is 3. The normalized spacial score (nSPS) is 39.3. The lowest BCUT2D eigenvalue weighted by Gasteiger charge is -2.52. The number of benzene rings is 1. The number of methoxy groups -OCH3 is 1. The van der Waals surface area contributed by atoms with Crippen LogP contribution < -0.4 is 4.74 Å². The van der Waals surface area contributed by atoms with Gasteiger partial charge in [0.25, 0.3) is 0 Å². The zero-order valence-electron chi connectivity index (χ0n) is 14.8. The first-order valence-corrected chi connectivity index (χ1v) is 9.62. The van der Waals surface area contributed by atoms with Gasteiger partial charge in [-0.25, -0.2) is 0 Å². The van der Waals surface area contributed by atoms with Gasteiger partial charge in [0.2, 0.25) is 0 Å². The molecule has 1 aliphatic heterocycles. The Kier molecular flexibility index (Phi) is 3.31. The molecule has 2 saturated carbocycles. The van der Waals surface area contributed by atoms with E-state index < -0.39 is 0 Å². The van der Waals surface area contributed by atoms with Crippen molar-refractivity contribution in [2.45, 2.75) is 57.2 Å². The van der Waals surface area contributed by atoms with Crippen molar-refractivity contribution in [1.29, 1.82) is 0 Å². The van der Waals surface area contributed by atoms with E-state index in [1.54, 1.807) is 12.7 Å². The van der Waals surface area contributed by atoms with E-state index in [-0.39, 0.29) is 11.2 Å². The molecule has 130 valence electrons. The smallest absolute Gasteiger partial charge is 0.174 e. The summed E-state index contributed by atoms with van der Waals surface area (Å²) < 4.78 is 17.9. The van der Waals surface area contributed by atoms with Crippen LogP contribution in [0.1, 0.15) is 56.1 Å². The van der Waals surface area contributed by atoms with Crippen molar-refractivity contribution in [3.05, 3.63) is 29.3 Å². The number of hydrogen-bond donors (Lipinski definition) is 0. The van der Waals surface area contributed by atoms with Crippen molar-refractivity contribution in [1.82, 2.24) is 0 Å². The minimum Gasteiger partial charge on any atom is -0.497 e. The fourth-order valence-electron chi connectivity index (χ4n) is 6.57. The molecule has 1 saturated heterocycles. The van der Waals surface area contributed by atoms with Gasteiger partial charge in [-0.1, -0.05) is 13.0 Å². The van der Waals surface area contributed by atoms with Crippen molar-refractivity contribution in [2.75, 3.05) is 20.3 Å². The number of aryl methyl sites for hydroxylation is 1. The highest BCUT2D eigenvalue weighted by Gasteiger charge is 2.64. The summed E-state index contributed by atoms with van der Waals surface area (Å²) >= 11 is 0. The quantitative estimate of drug-likeness (QED) is 0.769. The van der Waals surface area contributed by atoms with Gasteiger partial charge in [0, 0.05) is 11.8 Å². The minimum absolute atomic E-state index is 0.203. The first-order valence-electron chi connectivity index (χ1n) is 9.62. The molecule has 5 rings (SSSR count). The van der Waals surface area contributed by atoms with Gasteiger partial charge in [-0.05, 0) is 73.1 Å². The van der Waals surface area contributed by atoms with Gasteiger partial charge in [0.15, 0.2) is 5.79 Å². The molecule has 1 aromatic carbocycles. The molecule has 0 bridgehead atoms. The van der Waals surface area contributed by atoms with Crippen LogP contribution in [0.25, 0.3) is 0 Å². The van der Waals surface area contributed by atoms with Crippen LogP contribution >= 0.6 is 0 Å². The third kappa shape index (κ3) is 1.86. The molecule has 3 fully saturated rings. The third-order valence-electron chi connectivity index (χ3n) is 7.73. The molecule has 0 aromatic heterocycles. The SMILES string of the molecule is COc1ccc2c(c1)CCC1C2CCC2(C)C1CCC21OCCO1. The molecule has 4 aliphatic rings. The summed E-state index contributed by atoms with van der Waals surface area (Å²) in [6.45, 7) is 4.01. The minimum atomic E-state index is -0.275. The van der Waals surface area contributed by atoms with E-state index >= 15 is 0 Å². The molecule has 1 spiro atoms. The Morgan fingerprint density at radius 1 is 1.08 bits per heavy atom. The van der Waals surface area contributed by atoms with Gasteiger partial charge in [-0.3, -0.25) is 0 Å². The number of ether oxygens (including phenoxy) is 3. The summed E-state index contributed by atoms with van der Waals surface area (Å²) in [6.07, 6.45) is 7.35. The van der Waals surface area contributed by atoms with Crippen LogP contribution in [-0.4, -0.2) is 26.1 Å². The van der Waals surface area contributed by atoms with Gasteiger partial charge in [-0.15, -0.1) is 0 Å². The monoisotopic (exact) mass is 328 g/mol. The van der Waals surface area contributed by atoms with Crippen LogP contribution in [0.5, 0.6) is 5.75 Å². The second-order valence-corrected chi connectivity index (χ2v) is 8.42. The topological polar surface area (TPSA) is 27.7 Å². The molecule has 0 amide bonds. The van der Waals surface area contributed by atoms with Crippen LogP contribution in [0.3, 0.4) is 0 Å². The maximum atomic E-state index is 6.21. The van der Waals surface area contributed by atoms with Crippen molar-refractivity contribution < 1.29 is 14.2 Å². The van der Waals surface area contributed by atoms with Gasteiger partial charge in [0.05, 0.1) is 20.3 Å². The maximum absolute atomic E-state index is 6.21. The molecular formula is C21H28O3. The highest BCUT2D eigenvalue weighted by Crippen LogP contribution is 2.66. The standard InChI is InChI=1S/C21H28O3/c1-20-9-7-17-16-6-4-15(22-2)13-14(16)3-5-18(17)19(20)8-10-21(20)23-11-12-24-21/h4,6,13,17-19H,3,5,7-12H2,1-2H3. The van der Waals surface area contributed by atoms with Crippen molar-refractivity contribution in [3.8, 4) is 5.75 Å². The molecule has 0 N–H and O–H groups in total. The lowest BCUT2D eigenvalue weighted by Crippen LogP contribution is -2.51. The van der Waals surface area contributed by atoms with Gasteiger partial charge < -0.3 is 14.2 Å². The lowest BCUT2D eigenvalue weighted by molar-refractivity contribution is -0.237. The summed E-state index contributed by atoms with van der Waals surface area (Å²) in [5.74, 6) is 2.97. The fraction of sp³-hybridized carbons (Fsp3) is 0.714. The molecule has 4 atom stereocenters. The Labute approximate surface area is 144 Å². The van der Waals surface area contributed by atoms with Crippen LogP contribution in [0.15, 0.2) is 18.2 Å². The summed E-state index contributed by atoms with van der Waals surface area (Å²) in [7, 11) is 1.76. The zero-order valence-corrected chi connectivity index (χ0v) is 14.8.